The van der Waals surface area contributed by atoms with Gasteiger partial charge in [-0.25, -0.2) is 0 Å². The molecule has 0 unspecified atom stereocenters. The Morgan fingerprint density at radius 2 is 2.05 bits per heavy atom. The molecule has 0 radical (unpaired) electrons. The summed E-state index contributed by atoms with van der Waals surface area (Å²) in [6.07, 6.45) is 0. The quantitative estimate of drug-likeness (QED) is 0.671. The molecule has 2 rings (SSSR count). The number of rotatable bonds is 4. The Hall–Kier alpha value is -2.60. The second-order valence-electron chi connectivity index (χ2n) is 4.27. The van der Waals surface area contributed by atoms with Crippen LogP contribution in [0.4, 0.5) is 5.69 Å². The summed E-state index contributed by atoms with van der Waals surface area (Å²) in [5.41, 5.74) is 0.264. The maximum atomic E-state index is 12.0. The smallest absolute Gasteiger partial charge is 0.283 e. The first-order chi connectivity index (χ1) is 9.97. The first-order valence-corrected chi connectivity index (χ1v) is 6.35. The van der Waals surface area contributed by atoms with Gasteiger partial charge in [0.25, 0.3) is 11.6 Å². The molecule has 0 aliphatic rings. The molecule has 21 heavy (non-hydrogen) atoms. The van der Waals surface area contributed by atoms with E-state index in [9.17, 15) is 20.0 Å². The van der Waals surface area contributed by atoms with Crippen molar-refractivity contribution in [2.75, 3.05) is 0 Å². The zero-order chi connectivity index (χ0) is 15.4. The number of hydrogen-bond donors (Lipinski definition) is 2. The number of amides is 1. The molecule has 2 aromatic carbocycles. The lowest BCUT2D eigenvalue weighted by Crippen LogP contribution is -2.23. The highest BCUT2D eigenvalue weighted by Crippen LogP contribution is 2.23. The number of hydrogen-bond acceptors (Lipinski definition) is 4. The minimum absolute atomic E-state index is 0.0652. The number of nitro groups is 1. The van der Waals surface area contributed by atoms with Crippen molar-refractivity contribution in [3.63, 3.8) is 0 Å². The normalized spacial score (nSPS) is 10.1. The summed E-state index contributed by atoms with van der Waals surface area (Å²) in [5, 5.41) is 23.0. The summed E-state index contributed by atoms with van der Waals surface area (Å²) in [6.45, 7) is 0.146. The summed E-state index contributed by atoms with van der Waals surface area (Å²) < 4.78 is 0. The molecule has 108 valence electrons. The first-order valence-electron chi connectivity index (χ1n) is 5.97. The molecule has 7 heteroatoms. The molecule has 0 aliphatic heterocycles. The molecule has 6 nitrogen and oxygen atoms in total. The Balaban J connectivity index is 2.15. The highest BCUT2D eigenvalue weighted by atomic mass is 35.5. The molecule has 0 aliphatic carbocycles. The minimum atomic E-state index is -0.658. The maximum absolute atomic E-state index is 12.0. The van der Waals surface area contributed by atoms with Crippen LogP contribution in [0.5, 0.6) is 5.75 Å². The van der Waals surface area contributed by atoms with E-state index in [0.29, 0.717) is 5.56 Å². The van der Waals surface area contributed by atoms with Crippen LogP contribution in [0.15, 0.2) is 42.5 Å². The highest BCUT2D eigenvalue weighted by Gasteiger charge is 2.20. The van der Waals surface area contributed by atoms with Gasteiger partial charge in [-0.05, 0) is 29.8 Å². The zero-order valence-corrected chi connectivity index (χ0v) is 11.5. The van der Waals surface area contributed by atoms with Crippen LogP contribution in [-0.4, -0.2) is 15.9 Å². The number of phenolic OH excluding ortho intramolecular Hbond substituents is 1. The third kappa shape index (κ3) is 3.70. The van der Waals surface area contributed by atoms with Crippen LogP contribution in [0.3, 0.4) is 0 Å². The van der Waals surface area contributed by atoms with E-state index in [1.807, 2.05) is 0 Å². The van der Waals surface area contributed by atoms with Crippen LogP contribution in [0.2, 0.25) is 5.02 Å². The fourth-order valence-corrected chi connectivity index (χ4v) is 1.96. The number of carbonyl (C=O) groups is 1. The molecule has 0 fully saturated rings. The lowest BCUT2D eigenvalue weighted by molar-refractivity contribution is -0.385. The van der Waals surface area contributed by atoms with E-state index in [-0.39, 0.29) is 28.6 Å². The second-order valence-corrected chi connectivity index (χ2v) is 4.71. The summed E-state index contributed by atoms with van der Waals surface area (Å²) in [6, 6.07) is 10.2. The second kappa shape index (κ2) is 6.23. The van der Waals surface area contributed by atoms with Crippen molar-refractivity contribution in [2.24, 2.45) is 0 Å². The van der Waals surface area contributed by atoms with E-state index >= 15 is 0 Å². The maximum Gasteiger partial charge on any atom is 0.283 e. The Bertz CT molecular complexity index is 703. The Kier molecular flexibility index (Phi) is 4.39. The Morgan fingerprint density at radius 1 is 1.29 bits per heavy atom. The number of nitrogens with one attached hydrogen (secondary N) is 1. The molecule has 2 N–H and O–H groups in total. The monoisotopic (exact) mass is 306 g/mol. The molecule has 0 spiro atoms. The van der Waals surface area contributed by atoms with Crippen molar-refractivity contribution in [2.45, 2.75) is 6.54 Å². The van der Waals surface area contributed by atoms with E-state index in [2.05, 4.69) is 5.32 Å². The number of phenols is 1. The lowest BCUT2D eigenvalue weighted by Gasteiger charge is -2.06. The van der Waals surface area contributed by atoms with E-state index in [0.717, 1.165) is 6.07 Å². The SMILES string of the molecule is O=C(NCc1cccc(O)c1)c1ccc(Cl)cc1[N+](=O)[O-]. The van der Waals surface area contributed by atoms with Crippen LogP contribution in [-0.2, 0) is 6.54 Å². The molecule has 0 saturated heterocycles. The predicted molar refractivity (Wildman–Crippen MR) is 77.4 cm³/mol. The largest absolute Gasteiger partial charge is 0.508 e. The van der Waals surface area contributed by atoms with Gasteiger partial charge in [0.1, 0.15) is 11.3 Å². The van der Waals surface area contributed by atoms with Crippen molar-refractivity contribution in [1.82, 2.24) is 5.32 Å². The summed E-state index contributed by atoms with van der Waals surface area (Å²) in [7, 11) is 0. The van der Waals surface area contributed by atoms with Crippen LogP contribution >= 0.6 is 11.6 Å². The first kappa shape index (κ1) is 14.8. The number of aromatic hydroxyl groups is 1. The fourth-order valence-electron chi connectivity index (χ4n) is 1.79. The molecule has 0 heterocycles. The van der Waals surface area contributed by atoms with Gasteiger partial charge in [-0.3, -0.25) is 14.9 Å². The number of halogens is 1. The topological polar surface area (TPSA) is 92.5 Å². The molecule has 2 aromatic rings. The third-order valence-corrected chi connectivity index (χ3v) is 3.00. The van der Waals surface area contributed by atoms with Crippen molar-refractivity contribution in [3.05, 3.63) is 68.7 Å². The van der Waals surface area contributed by atoms with Crippen molar-refractivity contribution in [1.29, 1.82) is 0 Å². The van der Waals surface area contributed by atoms with Crippen LogP contribution in [0.25, 0.3) is 0 Å². The lowest BCUT2D eigenvalue weighted by atomic mass is 10.1. The van der Waals surface area contributed by atoms with Gasteiger partial charge in [-0.2, -0.15) is 0 Å². The molecular weight excluding hydrogens is 296 g/mol. The minimum Gasteiger partial charge on any atom is -0.508 e. The Morgan fingerprint density at radius 3 is 2.71 bits per heavy atom. The summed E-state index contributed by atoms with van der Waals surface area (Å²) in [5.74, 6) is -0.499. The molecule has 0 atom stereocenters. The van der Waals surface area contributed by atoms with Gasteiger partial charge in [0.2, 0.25) is 0 Å². The van der Waals surface area contributed by atoms with Gasteiger partial charge >= 0.3 is 0 Å². The summed E-state index contributed by atoms with van der Waals surface area (Å²) in [4.78, 5) is 22.3. The summed E-state index contributed by atoms with van der Waals surface area (Å²) >= 11 is 5.69. The molecule has 0 bridgehead atoms. The van der Waals surface area contributed by atoms with Gasteiger partial charge in [-0.15, -0.1) is 0 Å². The average molecular weight is 307 g/mol. The molecule has 0 saturated carbocycles. The standard InChI is InChI=1S/C14H11ClN2O4/c15-10-4-5-12(13(7-10)17(20)21)14(19)16-8-9-2-1-3-11(18)6-9/h1-7,18H,8H2,(H,16,19). The number of nitro benzene ring substituents is 1. The van der Waals surface area contributed by atoms with Crippen molar-refractivity contribution < 1.29 is 14.8 Å². The average Bonchev–Trinajstić information content (AvgIpc) is 2.44. The third-order valence-electron chi connectivity index (χ3n) is 2.76. The Labute approximate surface area is 125 Å². The van der Waals surface area contributed by atoms with E-state index < -0.39 is 10.8 Å². The number of carbonyl (C=O) groups excluding carboxylic acids is 1. The van der Waals surface area contributed by atoms with Gasteiger partial charge in [-0.1, -0.05) is 23.7 Å². The predicted octanol–water partition coefficient (Wildman–Crippen LogP) is 2.88. The fraction of sp³-hybridized carbons (Fsp3) is 0.0714. The van der Waals surface area contributed by atoms with Gasteiger partial charge in [0, 0.05) is 17.6 Å². The number of nitrogens with zero attached hydrogens (tertiary/aromatic N) is 1. The van der Waals surface area contributed by atoms with E-state index in [4.69, 9.17) is 11.6 Å². The van der Waals surface area contributed by atoms with Crippen molar-refractivity contribution >= 4 is 23.2 Å². The van der Waals surface area contributed by atoms with E-state index in [1.165, 1.54) is 24.3 Å². The zero-order valence-electron chi connectivity index (χ0n) is 10.7. The van der Waals surface area contributed by atoms with Crippen LogP contribution < -0.4 is 5.32 Å². The molecule has 1 amide bonds. The van der Waals surface area contributed by atoms with Crippen molar-refractivity contribution in [3.8, 4) is 5.75 Å². The van der Waals surface area contributed by atoms with Crippen LogP contribution in [0.1, 0.15) is 15.9 Å². The number of benzene rings is 2. The van der Waals surface area contributed by atoms with Gasteiger partial charge < -0.3 is 10.4 Å². The van der Waals surface area contributed by atoms with Gasteiger partial charge in [0.05, 0.1) is 4.92 Å². The van der Waals surface area contributed by atoms with Gasteiger partial charge in [0.15, 0.2) is 0 Å². The highest BCUT2D eigenvalue weighted by molar-refractivity contribution is 6.31. The molecule has 0 aromatic heterocycles. The molecular formula is C14H11ClN2O4. The van der Waals surface area contributed by atoms with Crippen LogP contribution in [0, 0.1) is 10.1 Å². The van der Waals surface area contributed by atoms with E-state index in [1.54, 1.807) is 12.1 Å².